The van der Waals surface area contributed by atoms with Crippen LogP contribution in [0.2, 0.25) is 0 Å². The molecule has 0 fully saturated rings. The lowest BCUT2D eigenvalue weighted by atomic mass is 10.1. The molecule has 0 bridgehead atoms. The average molecular weight is 385 g/mol. The summed E-state index contributed by atoms with van der Waals surface area (Å²) in [5, 5.41) is 0. The minimum absolute atomic E-state index is 0.194. The fourth-order valence-electron chi connectivity index (χ4n) is 1.57. The number of ether oxygens (including phenoxy) is 2. The number of hydrogen-bond donors (Lipinski definition) is 0. The summed E-state index contributed by atoms with van der Waals surface area (Å²) in [6, 6.07) is 0. The van der Waals surface area contributed by atoms with Crippen LogP contribution in [0.5, 0.6) is 0 Å². The van der Waals surface area contributed by atoms with Gasteiger partial charge in [-0.25, -0.2) is 4.21 Å². The van der Waals surface area contributed by atoms with Crippen LogP contribution in [0.1, 0.15) is 59.3 Å². The monoisotopic (exact) mass is 384 g/mol. The Bertz CT molecular complexity index is 440. The maximum Gasteiger partial charge on any atom is 0.307 e. The number of unbranched alkanes of at least 4 members (excludes halogenated alkanes) is 2. The topological polar surface area (TPSA) is 96.0 Å². The Morgan fingerprint density at radius 2 is 1.42 bits per heavy atom. The number of carbonyl (C=O) groups is 2. The van der Waals surface area contributed by atoms with Crippen molar-refractivity contribution < 1.29 is 31.7 Å². The van der Waals surface area contributed by atoms with Gasteiger partial charge in [-0.3, -0.25) is 18.0 Å². The Balaban J connectivity index is 3.77. The zero-order valence-corrected chi connectivity index (χ0v) is 16.4. The highest BCUT2D eigenvalue weighted by molar-refractivity contribution is 7.84. The van der Waals surface area contributed by atoms with Crippen molar-refractivity contribution in [2.75, 3.05) is 12.9 Å². The summed E-state index contributed by atoms with van der Waals surface area (Å²) < 4.78 is 37.6. The third-order valence-corrected chi connectivity index (χ3v) is 5.07. The summed E-state index contributed by atoms with van der Waals surface area (Å²) in [6.45, 7) is 5.36. The maximum atomic E-state index is 11.6. The predicted octanol–water partition coefficient (Wildman–Crippen LogP) is 2.18. The molecule has 0 rings (SSSR count). The fourth-order valence-corrected chi connectivity index (χ4v) is 2.52. The third-order valence-electron chi connectivity index (χ3n) is 3.00. The van der Waals surface area contributed by atoms with Crippen molar-refractivity contribution in [3.63, 3.8) is 0 Å². The van der Waals surface area contributed by atoms with Crippen LogP contribution in [0.15, 0.2) is 0 Å². The number of esters is 2. The van der Waals surface area contributed by atoms with E-state index in [4.69, 9.17) is 13.7 Å². The molecule has 0 aliphatic carbocycles. The molecule has 4 unspecified atom stereocenters. The summed E-state index contributed by atoms with van der Waals surface area (Å²) in [5.74, 6) is -0.828. The highest BCUT2D eigenvalue weighted by Crippen LogP contribution is 2.09. The minimum atomic E-state index is -1.64. The molecule has 0 amide bonds. The number of carbonyl (C=O) groups excluding carboxylic acids is 2. The fraction of sp³-hybridized carbons (Fsp3) is 0.867. The molecule has 24 heavy (non-hydrogen) atoms. The van der Waals surface area contributed by atoms with E-state index < -0.39 is 44.7 Å². The van der Waals surface area contributed by atoms with Crippen LogP contribution in [-0.2, 0) is 45.1 Å². The largest absolute Gasteiger partial charge is 0.449 e. The van der Waals surface area contributed by atoms with Gasteiger partial charge in [-0.05, 0) is 33.1 Å². The Kier molecular flexibility index (Phi) is 13.0. The van der Waals surface area contributed by atoms with Crippen molar-refractivity contribution in [2.45, 2.75) is 70.2 Å². The van der Waals surface area contributed by atoms with E-state index in [0.717, 1.165) is 6.42 Å². The van der Waals surface area contributed by atoms with Gasteiger partial charge in [0.05, 0.1) is 17.4 Å². The smallest absolute Gasteiger partial charge is 0.307 e. The zero-order chi connectivity index (χ0) is 18.5. The molecule has 4 atom stereocenters. The summed E-state index contributed by atoms with van der Waals surface area (Å²) in [4.78, 5) is 23.1. The molecule has 0 radical (unpaired) electrons. The van der Waals surface area contributed by atoms with Crippen molar-refractivity contribution in [3.05, 3.63) is 0 Å². The van der Waals surface area contributed by atoms with Crippen molar-refractivity contribution in [3.8, 4) is 0 Å². The molecule has 7 nitrogen and oxygen atoms in total. The molecule has 0 aliphatic heterocycles. The minimum Gasteiger partial charge on any atom is -0.449 e. The lowest BCUT2D eigenvalue weighted by Crippen LogP contribution is -2.21. The molecule has 0 heterocycles. The van der Waals surface area contributed by atoms with Crippen LogP contribution in [0, 0.1) is 0 Å². The van der Waals surface area contributed by atoms with Gasteiger partial charge < -0.3 is 9.47 Å². The van der Waals surface area contributed by atoms with Crippen molar-refractivity contribution in [1.29, 1.82) is 0 Å². The van der Waals surface area contributed by atoms with E-state index in [1.165, 1.54) is 13.2 Å². The summed E-state index contributed by atoms with van der Waals surface area (Å²) >= 11 is -1.64. The van der Waals surface area contributed by atoms with Gasteiger partial charge in [0.1, 0.15) is 0 Å². The van der Waals surface area contributed by atoms with Gasteiger partial charge in [0.15, 0.2) is 22.0 Å². The Morgan fingerprint density at radius 1 is 0.917 bits per heavy atom. The van der Waals surface area contributed by atoms with E-state index in [1.807, 2.05) is 6.92 Å². The van der Waals surface area contributed by atoms with E-state index in [1.54, 1.807) is 6.92 Å². The highest BCUT2D eigenvalue weighted by Gasteiger charge is 2.17. The average Bonchev–Trinajstić information content (AvgIpc) is 2.51. The normalized spacial score (nSPS) is 16.0. The first-order valence-electron chi connectivity index (χ1n) is 8.03. The van der Waals surface area contributed by atoms with E-state index in [-0.39, 0.29) is 12.8 Å². The van der Waals surface area contributed by atoms with E-state index in [2.05, 4.69) is 0 Å². The summed E-state index contributed by atoms with van der Waals surface area (Å²) in [6.07, 6.45) is 4.44. The van der Waals surface area contributed by atoms with Crippen LogP contribution in [0.4, 0.5) is 0 Å². The SMILES string of the molecule is CCCOS(=O)C(C)OC(=O)CCCCCC(=O)OC(C)S(C)=O. The standard InChI is InChI=1S/C15H28O7S2/c1-5-11-20-24(19)13(3)22-15(17)10-8-6-7-9-14(16)21-12(2)23(4)18/h12-13H,5-11H2,1-4H3. The third kappa shape index (κ3) is 11.7. The van der Waals surface area contributed by atoms with Crippen LogP contribution >= 0.6 is 0 Å². The maximum absolute atomic E-state index is 11.6. The van der Waals surface area contributed by atoms with E-state index >= 15 is 0 Å². The Morgan fingerprint density at radius 3 is 1.88 bits per heavy atom. The lowest BCUT2D eigenvalue weighted by Gasteiger charge is -2.12. The molecule has 0 spiro atoms. The quantitative estimate of drug-likeness (QED) is 0.355. The molecule has 0 aromatic rings. The Hall–Kier alpha value is -0.800. The van der Waals surface area contributed by atoms with Crippen molar-refractivity contribution >= 4 is 33.8 Å². The molecule has 0 aromatic heterocycles. The number of rotatable bonds is 13. The molecule has 142 valence electrons. The molecule has 0 aliphatic rings. The first-order chi connectivity index (χ1) is 11.3. The first-order valence-corrected chi connectivity index (χ1v) is 10.8. The molecular formula is C15H28O7S2. The van der Waals surface area contributed by atoms with E-state index in [9.17, 15) is 18.0 Å². The number of hydrogen-bond acceptors (Lipinski definition) is 7. The van der Waals surface area contributed by atoms with Crippen LogP contribution in [0.3, 0.4) is 0 Å². The first kappa shape index (κ1) is 23.2. The second kappa shape index (κ2) is 13.5. The van der Waals surface area contributed by atoms with Gasteiger partial charge in [0.25, 0.3) is 0 Å². The van der Waals surface area contributed by atoms with Crippen LogP contribution < -0.4 is 0 Å². The predicted molar refractivity (Wildman–Crippen MR) is 92.6 cm³/mol. The van der Waals surface area contributed by atoms with Crippen LogP contribution in [0.25, 0.3) is 0 Å². The van der Waals surface area contributed by atoms with E-state index in [0.29, 0.717) is 25.9 Å². The molecule has 0 aromatic carbocycles. The zero-order valence-electron chi connectivity index (χ0n) is 14.8. The van der Waals surface area contributed by atoms with Crippen molar-refractivity contribution in [2.24, 2.45) is 0 Å². The van der Waals surface area contributed by atoms with Crippen LogP contribution in [-0.4, -0.2) is 44.1 Å². The van der Waals surface area contributed by atoms with Crippen molar-refractivity contribution in [1.82, 2.24) is 0 Å². The van der Waals surface area contributed by atoms with Gasteiger partial charge in [-0.1, -0.05) is 13.3 Å². The molecule has 0 saturated carbocycles. The summed E-state index contributed by atoms with van der Waals surface area (Å²) in [5.41, 5.74) is -1.40. The molecule has 0 saturated heterocycles. The van der Waals surface area contributed by atoms with Gasteiger partial charge in [-0.2, -0.15) is 0 Å². The van der Waals surface area contributed by atoms with Gasteiger partial charge >= 0.3 is 11.9 Å². The second-order valence-electron chi connectivity index (χ2n) is 5.26. The van der Waals surface area contributed by atoms with Gasteiger partial charge in [0, 0.05) is 19.1 Å². The van der Waals surface area contributed by atoms with Gasteiger partial charge in [-0.15, -0.1) is 0 Å². The second-order valence-corrected chi connectivity index (χ2v) is 8.34. The van der Waals surface area contributed by atoms with Gasteiger partial charge in [0.2, 0.25) is 0 Å². The highest BCUT2D eigenvalue weighted by atomic mass is 32.2. The molecule has 9 heteroatoms. The Labute approximate surface area is 148 Å². The lowest BCUT2D eigenvalue weighted by molar-refractivity contribution is -0.145. The summed E-state index contributed by atoms with van der Waals surface area (Å²) in [7, 11) is -1.20. The molecule has 0 N–H and O–H groups in total. The molecular weight excluding hydrogens is 356 g/mol.